The van der Waals surface area contributed by atoms with Crippen molar-refractivity contribution in [3.63, 3.8) is 0 Å². The maximum atomic E-state index is 12.8. The maximum Gasteiger partial charge on any atom is 0.268 e. The summed E-state index contributed by atoms with van der Waals surface area (Å²) in [5.74, 6) is 0.936. The van der Waals surface area contributed by atoms with Gasteiger partial charge in [0.1, 0.15) is 11.5 Å². The molecule has 1 aliphatic rings. The van der Waals surface area contributed by atoms with Crippen molar-refractivity contribution < 1.29 is 23.5 Å². The van der Waals surface area contributed by atoms with Gasteiger partial charge in [0, 0.05) is 18.2 Å². The minimum absolute atomic E-state index is 0.0783. The molecule has 0 saturated carbocycles. The van der Waals surface area contributed by atoms with E-state index < -0.39 is 5.91 Å². The van der Waals surface area contributed by atoms with Gasteiger partial charge in [-0.05, 0) is 42.0 Å². The highest BCUT2D eigenvalue weighted by atomic mass is 16.7. The Labute approximate surface area is 166 Å². The van der Waals surface area contributed by atoms with Crippen molar-refractivity contribution in [1.29, 1.82) is 0 Å². The van der Waals surface area contributed by atoms with Crippen LogP contribution in [0.4, 0.5) is 0 Å². The first kappa shape index (κ1) is 18.4. The quantitative estimate of drug-likeness (QED) is 0.632. The molecule has 1 aromatic heterocycles. The second-order valence-corrected chi connectivity index (χ2v) is 6.26. The molecule has 0 aliphatic carbocycles. The van der Waals surface area contributed by atoms with Crippen LogP contribution in [0.3, 0.4) is 0 Å². The van der Waals surface area contributed by atoms with E-state index in [0.717, 1.165) is 5.56 Å². The van der Waals surface area contributed by atoms with E-state index in [0.29, 0.717) is 22.8 Å². The summed E-state index contributed by atoms with van der Waals surface area (Å²) in [4.78, 5) is 25.2. The molecule has 0 radical (unpaired) electrons. The van der Waals surface area contributed by atoms with Crippen molar-refractivity contribution >= 4 is 17.9 Å². The molecule has 0 spiro atoms. The number of ether oxygens (including phenoxy) is 2. The summed E-state index contributed by atoms with van der Waals surface area (Å²) >= 11 is 0. The van der Waals surface area contributed by atoms with Crippen molar-refractivity contribution in [2.75, 3.05) is 6.79 Å². The van der Waals surface area contributed by atoms with Crippen LogP contribution in [0.2, 0.25) is 0 Å². The highest BCUT2D eigenvalue weighted by molar-refractivity contribution is 6.05. The van der Waals surface area contributed by atoms with E-state index in [9.17, 15) is 9.59 Å². The summed E-state index contributed by atoms with van der Waals surface area (Å²) in [6.07, 6.45) is 2.98. The Morgan fingerprint density at radius 2 is 1.79 bits per heavy atom. The third kappa shape index (κ3) is 4.47. The lowest BCUT2D eigenvalue weighted by molar-refractivity contribution is -0.117. The molecule has 2 amide bonds. The zero-order chi connectivity index (χ0) is 20.1. The predicted molar refractivity (Wildman–Crippen MR) is 105 cm³/mol. The molecule has 7 heteroatoms. The predicted octanol–water partition coefficient (Wildman–Crippen LogP) is 3.10. The van der Waals surface area contributed by atoms with Crippen molar-refractivity contribution in [2.24, 2.45) is 0 Å². The number of furan rings is 1. The van der Waals surface area contributed by atoms with E-state index in [1.807, 2.05) is 12.1 Å². The molecule has 0 bridgehead atoms. The molecule has 0 fully saturated rings. The van der Waals surface area contributed by atoms with E-state index in [1.54, 1.807) is 48.5 Å². The molecule has 3 aromatic rings. The Hall–Kier alpha value is -4.00. The third-order valence-corrected chi connectivity index (χ3v) is 4.25. The molecule has 146 valence electrons. The smallest absolute Gasteiger partial charge is 0.268 e. The fraction of sp³-hybridized carbons (Fsp3) is 0.0909. The van der Waals surface area contributed by atoms with Gasteiger partial charge in [-0.3, -0.25) is 9.59 Å². The summed E-state index contributed by atoms with van der Waals surface area (Å²) < 4.78 is 15.9. The maximum absolute atomic E-state index is 12.8. The van der Waals surface area contributed by atoms with Crippen LogP contribution in [-0.4, -0.2) is 18.6 Å². The molecule has 4 rings (SSSR count). The second-order valence-electron chi connectivity index (χ2n) is 6.26. The third-order valence-electron chi connectivity index (χ3n) is 4.25. The lowest BCUT2D eigenvalue weighted by Gasteiger charge is -2.11. The number of nitrogens with one attached hydrogen (secondary N) is 2. The molecule has 7 nitrogen and oxygen atoms in total. The lowest BCUT2D eigenvalue weighted by atomic mass is 10.2. The van der Waals surface area contributed by atoms with Crippen LogP contribution in [0.5, 0.6) is 11.5 Å². The van der Waals surface area contributed by atoms with Crippen molar-refractivity contribution in [2.45, 2.75) is 6.54 Å². The average Bonchev–Trinajstić information content (AvgIpc) is 3.43. The van der Waals surface area contributed by atoms with Gasteiger partial charge >= 0.3 is 0 Å². The second kappa shape index (κ2) is 8.35. The number of hydrogen-bond acceptors (Lipinski definition) is 5. The molecule has 2 heterocycles. The van der Waals surface area contributed by atoms with Crippen LogP contribution in [0.25, 0.3) is 6.08 Å². The Morgan fingerprint density at radius 1 is 0.966 bits per heavy atom. The number of amides is 2. The van der Waals surface area contributed by atoms with Crippen LogP contribution in [-0.2, 0) is 11.3 Å². The summed E-state index contributed by atoms with van der Waals surface area (Å²) in [5, 5.41) is 5.45. The first-order valence-corrected chi connectivity index (χ1v) is 8.97. The van der Waals surface area contributed by atoms with E-state index in [4.69, 9.17) is 13.9 Å². The van der Waals surface area contributed by atoms with E-state index in [1.165, 1.54) is 12.3 Å². The molecular formula is C22H18N2O5. The Kier molecular flexibility index (Phi) is 5.29. The normalized spacial score (nSPS) is 12.5. The molecule has 0 atom stereocenters. The van der Waals surface area contributed by atoms with Crippen LogP contribution in [0.1, 0.15) is 21.7 Å². The Morgan fingerprint density at radius 3 is 2.59 bits per heavy atom. The number of carbonyl (C=O) groups excluding carboxylic acids is 2. The van der Waals surface area contributed by atoms with Crippen LogP contribution < -0.4 is 20.1 Å². The first-order valence-electron chi connectivity index (χ1n) is 8.97. The van der Waals surface area contributed by atoms with Crippen LogP contribution >= 0.6 is 0 Å². The van der Waals surface area contributed by atoms with Crippen molar-refractivity contribution in [1.82, 2.24) is 10.6 Å². The van der Waals surface area contributed by atoms with Crippen molar-refractivity contribution in [3.8, 4) is 11.5 Å². The van der Waals surface area contributed by atoms with Gasteiger partial charge in [0.15, 0.2) is 11.5 Å². The number of fused-ring (bicyclic) bond motifs is 1. The van der Waals surface area contributed by atoms with Gasteiger partial charge in [-0.25, -0.2) is 0 Å². The van der Waals surface area contributed by atoms with Gasteiger partial charge < -0.3 is 24.5 Å². The zero-order valence-electron chi connectivity index (χ0n) is 15.4. The van der Waals surface area contributed by atoms with E-state index >= 15 is 0 Å². The Bertz CT molecular complexity index is 1040. The number of carbonyl (C=O) groups is 2. The van der Waals surface area contributed by atoms with E-state index in [2.05, 4.69) is 10.6 Å². The summed E-state index contributed by atoms with van der Waals surface area (Å²) in [6, 6.07) is 17.5. The van der Waals surface area contributed by atoms with Gasteiger partial charge in [0.25, 0.3) is 11.8 Å². The topological polar surface area (TPSA) is 89.8 Å². The summed E-state index contributed by atoms with van der Waals surface area (Å²) in [7, 11) is 0. The van der Waals surface area contributed by atoms with Gasteiger partial charge in [-0.2, -0.15) is 0 Å². The average molecular weight is 390 g/mol. The monoisotopic (exact) mass is 390 g/mol. The molecule has 0 unspecified atom stereocenters. The highest BCUT2D eigenvalue weighted by Crippen LogP contribution is 2.32. The standard InChI is InChI=1S/C22H18N2O5/c25-21(16-5-2-1-3-6-16)24-18(12-17-7-4-10-27-17)22(26)23-13-15-8-9-19-20(11-15)29-14-28-19/h1-12H,13-14H2,(H,23,26)(H,24,25)/b18-12+. The highest BCUT2D eigenvalue weighted by Gasteiger charge is 2.17. The SMILES string of the molecule is O=C(NCc1ccc2c(c1)OCO2)/C(=C\c1ccco1)NC(=O)c1ccccc1. The minimum atomic E-state index is -0.441. The fourth-order valence-electron chi connectivity index (χ4n) is 2.79. The Balaban J connectivity index is 1.48. The molecule has 29 heavy (non-hydrogen) atoms. The lowest BCUT2D eigenvalue weighted by Crippen LogP contribution is -2.34. The van der Waals surface area contributed by atoms with Crippen LogP contribution in [0.15, 0.2) is 77.0 Å². The number of hydrogen-bond donors (Lipinski definition) is 2. The van der Waals surface area contributed by atoms with Gasteiger partial charge in [-0.1, -0.05) is 24.3 Å². The summed E-state index contributed by atoms with van der Waals surface area (Å²) in [5.41, 5.74) is 1.37. The molecule has 1 aliphatic heterocycles. The van der Waals surface area contributed by atoms with Gasteiger partial charge in [-0.15, -0.1) is 0 Å². The van der Waals surface area contributed by atoms with Crippen molar-refractivity contribution in [3.05, 3.63) is 89.5 Å². The molecule has 2 aromatic carbocycles. The van der Waals surface area contributed by atoms with Gasteiger partial charge in [0.05, 0.1) is 6.26 Å². The molecule has 0 saturated heterocycles. The largest absolute Gasteiger partial charge is 0.465 e. The number of rotatable bonds is 6. The van der Waals surface area contributed by atoms with Crippen LogP contribution in [0, 0.1) is 0 Å². The van der Waals surface area contributed by atoms with E-state index in [-0.39, 0.29) is 24.9 Å². The number of benzene rings is 2. The zero-order valence-corrected chi connectivity index (χ0v) is 15.4. The first-order chi connectivity index (χ1) is 14.2. The minimum Gasteiger partial charge on any atom is -0.465 e. The summed E-state index contributed by atoms with van der Waals surface area (Å²) in [6.45, 7) is 0.443. The molecular weight excluding hydrogens is 372 g/mol. The fourth-order valence-corrected chi connectivity index (χ4v) is 2.79. The van der Waals surface area contributed by atoms with Gasteiger partial charge in [0.2, 0.25) is 6.79 Å². The molecule has 2 N–H and O–H groups in total.